The first kappa shape index (κ1) is 10.2. The van der Waals surface area contributed by atoms with E-state index in [-0.39, 0.29) is 5.75 Å². The summed E-state index contributed by atoms with van der Waals surface area (Å²) in [6.07, 6.45) is 4.80. The normalized spacial score (nSPS) is 10.8. The van der Waals surface area contributed by atoms with Crippen LogP contribution in [-0.4, -0.2) is 11.3 Å². The van der Waals surface area contributed by atoms with Crippen LogP contribution >= 0.6 is 0 Å². The van der Waals surface area contributed by atoms with Crippen molar-refractivity contribution in [2.45, 2.75) is 0 Å². The van der Waals surface area contributed by atoms with Crippen LogP contribution in [-0.2, 0) is 0 Å². The van der Waals surface area contributed by atoms with E-state index in [1.807, 2.05) is 6.07 Å². The van der Waals surface area contributed by atoms with Crippen LogP contribution < -0.4 is 0 Å². The lowest BCUT2D eigenvalue weighted by Crippen LogP contribution is -1.76. The summed E-state index contributed by atoms with van der Waals surface area (Å²) in [6.45, 7) is 3.61. The van der Waals surface area contributed by atoms with E-state index in [4.69, 9.17) is 4.42 Å². The van der Waals surface area contributed by atoms with Crippen LogP contribution in [0.15, 0.2) is 52.6 Å². The van der Waals surface area contributed by atoms with Gasteiger partial charge in [-0.05, 0) is 30.3 Å². The lowest BCUT2D eigenvalue weighted by atomic mass is 10.2. The molecule has 1 heterocycles. The molecule has 0 unspecified atom stereocenters. The van der Waals surface area contributed by atoms with Crippen molar-refractivity contribution in [3.05, 3.63) is 54.5 Å². The Morgan fingerprint density at radius 3 is 2.88 bits per heavy atom. The van der Waals surface area contributed by atoms with E-state index < -0.39 is 0 Å². The van der Waals surface area contributed by atoms with E-state index in [9.17, 15) is 5.11 Å². The summed E-state index contributed by atoms with van der Waals surface area (Å²) in [5, 5.41) is 9.45. The highest BCUT2D eigenvalue weighted by molar-refractivity contribution is 5.79. The summed E-state index contributed by atoms with van der Waals surface area (Å²) in [5.74, 6) is 0.889. The Morgan fingerprint density at radius 2 is 2.19 bits per heavy atom. The Labute approximate surface area is 93.4 Å². The number of rotatable bonds is 3. The van der Waals surface area contributed by atoms with Crippen LogP contribution in [0.1, 0.15) is 11.3 Å². The number of hydrogen-bond donors (Lipinski definition) is 1. The Balaban J connectivity index is 2.25. The Kier molecular flexibility index (Phi) is 2.87. The SMILES string of the molecule is C=Cc1cc(N=Cc2ccco2)ccc1O. The van der Waals surface area contributed by atoms with Crippen molar-refractivity contribution in [2.75, 3.05) is 0 Å². The maximum absolute atomic E-state index is 9.45. The third-order valence-corrected chi connectivity index (χ3v) is 2.12. The molecule has 80 valence electrons. The molecule has 1 aromatic heterocycles. The molecule has 0 fully saturated rings. The Morgan fingerprint density at radius 1 is 1.31 bits per heavy atom. The highest BCUT2D eigenvalue weighted by Crippen LogP contribution is 2.23. The summed E-state index contributed by atoms with van der Waals surface area (Å²) in [6, 6.07) is 8.68. The molecule has 0 bridgehead atoms. The maximum Gasteiger partial charge on any atom is 0.144 e. The van der Waals surface area contributed by atoms with Crippen LogP contribution in [0, 0.1) is 0 Å². The first-order valence-electron chi connectivity index (χ1n) is 4.82. The van der Waals surface area contributed by atoms with Gasteiger partial charge in [-0.15, -0.1) is 0 Å². The number of phenolic OH excluding ortho intramolecular Hbond substituents is 1. The second-order valence-corrected chi connectivity index (χ2v) is 3.22. The van der Waals surface area contributed by atoms with Crippen molar-refractivity contribution in [3.63, 3.8) is 0 Å². The third kappa shape index (κ3) is 2.20. The molecule has 3 nitrogen and oxygen atoms in total. The molecule has 16 heavy (non-hydrogen) atoms. The number of phenols is 1. The van der Waals surface area contributed by atoms with Gasteiger partial charge in [0.05, 0.1) is 18.2 Å². The third-order valence-electron chi connectivity index (χ3n) is 2.12. The molecule has 1 aromatic carbocycles. The fourth-order valence-electron chi connectivity index (χ4n) is 1.29. The molecule has 0 saturated carbocycles. The molecule has 0 atom stereocenters. The molecule has 3 heteroatoms. The van der Waals surface area contributed by atoms with Gasteiger partial charge in [-0.2, -0.15) is 0 Å². The highest BCUT2D eigenvalue weighted by Gasteiger charge is 1.97. The number of hydrogen-bond acceptors (Lipinski definition) is 3. The second kappa shape index (κ2) is 4.49. The van der Waals surface area contributed by atoms with Gasteiger partial charge in [-0.3, -0.25) is 4.99 Å². The van der Waals surface area contributed by atoms with Gasteiger partial charge in [-0.25, -0.2) is 0 Å². The van der Waals surface area contributed by atoms with Gasteiger partial charge in [0.2, 0.25) is 0 Å². The molecule has 0 aliphatic heterocycles. The lowest BCUT2D eigenvalue weighted by molar-refractivity contribution is 0.474. The van der Waals surface area contributed by atoms with Crippen LogP contribution in [0.25, 0.3) is 6.08 Å². The molecule has 2 aromatic rings. The first-order valence-corrected chi connectivity index (χ1v) is 4.82. The standard InChI is InChI=1S/C13H11NO2/c1-2-10-8-11(5-6-13(10)15)14-9-12-4-3-7-16-12/h2-9,15H,1H2. The highest BCUT2D eigenvalue weighted by atomic mass is 16.3. The molecule has 1 N–H and O–H groups in total. The van der Waals surface area contributed by atoms with Crippen molar-refractivity contribution in [3.8, 4) is 5.75 Å². The van der Waals surface area contributed by atoms with E-state index in [1.165, 1.54) is 0 Å². The molecule has 2 rings (SSSR count). The smallest absolute Gasteiger partial charge is 0.144 e. The van der Waals surface area contributed by atoms with Gasteiger partial charge < -0.3 is 9.52 Å². The van der Waals surface area contributed by atoms with Gasteiger partial charge in [0.15, 0.2) is 0 Å². The number of furan rings is 1. The van der Waals surface area contributed by atoms with E-state index >= 15 is 0 Å². The zero-order chi connectivity index (χ0) is 11.4. The van der Waals surface area contributed by atoms with Crippen LogP contribution in [0.4, 0.5) is 5.69 Å². The van der Waals surface area contributed by atoms with Gasteiger partial charge in [0, 0.05) is 5.56 Å². The maximum atomic E-state index is 9.45. The molecular weight excluding hydrogens is 202 g/mol. The van der Waals surface area contributed by atoms with E-state index in [0.29, 0.717) is 11.3 Å². The summed E-state index contributed by atoms with van der Waals surface area (Å²) >= 11 is 0. The Hall–Kier alpha value is -2.29. The second-order valence-electron chi connectivity index (χ2n) is 3.22. The molecule has 0 spiro atoms. The number of aliphatic imine (C=N–C) groups is 1. The minimum absolute atomic E-state index is 0.201. The van der Waals surface area contributed by atoms with Gasteiger partial charge in [0.25, 0.3) is 0 Å². The van der Waals surface area contributed by atoms with E-state index in [2.05, 4.69) is 11.6 Å². The minimum Gasteiger partial charge on any atom is -0.507 e. The average Bonchev–Trinajstić information content (AvgIpc) is 2.81. The van der Waals surface area contributed by atoms with E-state index in [1.54, 1.807) is 42.8 Å². The van der Waals surface area contributed by atoms with Gasteiger partial charge in [0.1, 0.15) is 11.5 Å². The van der Waals surface area contributed by atoms with Gasteiger partial charge in [-0.1, -0.05) is 12.7 Å². The van der Waals surface area contributed by atoms with Crippen molar-refractivity contribution in [1.29, 1.82) is 0 Å². The van der Waals surface area contributed by atoms with Crippen molar-refractivity contribution >= 4 is 18.0 Å². The predicted octanol–water partition coefficient (Wildman–Crippen LogP) is 3.38. The van der Waals surface area contributed by atoms with Crippen LogP contribution in [0.3, 0.4) is 0 Å². The molecular formula is C13H11NO2. The summed E-state index contributed by atoms with van der Waals surface area (Å²) in [4.78, 5) is 4.22. The minimum atomic E-state index is 0.201. The molecule has 0 aliphatic carbocycles. The summed E-state index contributed by atoms with van der Waals surface area (Å²) in [5.41, 5.74) is 1.40. The van der Waals surface area contributed by atoms with Crippen molar-refractivity contribution < 1.29 is 9.52 Å². The monoisotopic (exact) mass is 213 g/mol. The summed E-state index contributed by atoms with van der Waals surface area (Å²) < 4.78 is 5.12. The Bertz CT molecular complexity index is 513. The lowest BCUT2D eigenvalue weighted by Gasteiger charge is -1.99. The molecule has 0 saturated heterocycles. The first-order chi connectivity index (χ1) is 7.79. The number of nitrogens with zero attached hydrogens (tertiary/aromatic N) is 1. The quantitative estimate of drug-likeness (QED) is 0.794. The molecule has 0 aliphatic rings. The summed E-state index contributed by atoms with van der Waals surface area (Å²) in [7, 11) is 0. The zero-order valence-corrected chi connectivity index (χ0v) is 8.63. The average molecular weight is 213 g/mol. The van der Waals surface area contributed by atoms with Crippen LogP contribution in [0.5, 0.6) is 5.75 Å². The molecule has 0 radical (unpaired) electrons. The number of aromatic hydroxyl groups is 1. The van der Waals surface area contributed by atoms with Crippen molar-refractivity contribution in [1.82, 2.24) is 0 Å². The number of benzene rings is 1. The van der Waals surface area contributed by atoms with Crippen molar-refractivity contribution in [2.24, 2.45) is 4.99 Å². The fourth-order valence-corrected chi connectivity index (χ4v) is 1.29. The molecule has 0 amide bonds. The topological polar surface area (TPSA) is 45.7 Å². The van der Waals surface area contributed by atoms with Gasteiger partial charge >= 0.3 is 0 Å². The van der Waals surface area contributed by atoms with E-state index in [0.717, 1.165) is 5.69 Å². The zero-order valence-electron chi connectivity index (χ0n) is 8.63. The largest absolute Gasteiger partial charge is 0.507 e. The predicted molar refractivity (Wildman–Crippen MR) is 64.2 cm³/mol. The van der Waals surface area contributed by atoms with Crippen LogP contribution in [0.2, 0.25) is 0 Å². The fraction of sp³-hybridized carbons (Fsp3) is 0.